The maximum atomic E-state index is 13.7. The quantitative estimate of drug-likeness (QED) is 0.806. The smallest absolute Gasteiger partial charge is 0.243 e. The Morgan fingerprint density at radius 3 is 2.38 bits per heavy atom. The van der Waals surface area contributed by atoms with Crippen LogP contribution in [0.5, 0.6) is 0 Å². The summed E-state index contributed by atoms with van der Waals surface area (Å²) in [5, 5.41) is 3.00. The monoisotopic (exact) mass is 304 g/mol. The highest BCUT2D eigenvalue weighted by atomic mass is 32.2. The highest BCUT2D eigenvalue weighted by Crippen LogP contribution is 2.30. The fourth-order valence-electron chi connectivity index (χ4n) is 2.11. The van der Waals surface area contributed by atoms with Gasteiger partial charge in [-0.25, -0.2) is 4.39 Å². The molecule has 0 bridgehead atoms. The Balaban J connectivity index is 2.30. The van der Waals surface area contributed by atoms with Crippen LogP contribution in [-0.2, 0) is 10.3 Å². The Morgan fingerprint density at radius 2 is 1.81 bits per heavy atom. The lowest BCUT2D eigenvalue weighted by Crippen LogP contribution is -2.53. The predicted molar refractivity (Wildman–Crippen MR) is 83.5 cm³/mol. The molecule has 3 nitrogen and oxygen atoms in total. The van der Waals surface area contributed by atoms with Crippen molar-refractivity contribution in [2.24, 2.45) is 5.73 Å². The number of benzene rings is 2. The van der Waals surface area contributed by atoms with E-state index in [-0.39, 0.29) is 5.82 Å². The van der Waals surface area contributed by atoms with E-state index in [2.05, 4.69) is 5.32 Å². The van der Waals surface area contributed by atoms with Gasteiger partial charge in [-0.2, -0.15) is 0 Å². The molecule has 2 aromatic carbocycles. The van der Waals surface area contributed by atoms with E-state index >= 15 is 0 Å². The number of carbonyl (C=O) groups is 1. The van der Waals surface area contributed by atoms with Gasteiger partial charge in [0.05, 0.1) is 0 Å². The minimum atomic E-state index is -1.03. The molecular weight excluding hydrogens is 287 g/mol. The zero-order valence-electron chi connectivity index (χ0n) is 11.7. The molecule has 0 radical (unpaired) electrons. The van der Waals surface area contributed by atoms with Gasteiger partial charge in [0.25, 0.3) is 0 Å². The molecule has 1 atom stereocenters. The van der Waals surface area contributed by atoms with E-state index in [1.54, 1.807) is 25.2 Å². The number of amides is 1. The molecule has 2 aromatic rings. The van der Waals surface area contributed by atoms with E-state index in [0.29, 0.717) is 10.6 Å². The molecule has 0 aliphatic rings. The number of halogens is 1. The third-order valence-corrected chi connectivity index (χ3v) is 4.61. The number of nitrogens with one attached hydrogen (secondary N) is 1. The molecule has 2 rings (SSSR count). The van der Waals surface area contributed by atoms with Crippen molar-refractivity contribution >= 4 is 17.7 Å². The minimum Gasteiger partial charge on any atom is -0.368 e. The number of likely N-dealkylation sites (N-methyl/N-ethyl adjacent to an activating group) is 1. The number of hydrogen-bond donors (Lipinski definition) is 2. The van der Waals surface area contributed by atoms with Gasteiger partial charge >= 0.3 is 0 Å². The molecule has 0 aliphatic heterocycles. The first-order valence-electron chi connectivity index (χ1n) is 6.52. The summed E-state index contributed by atoms with van der Waals surface area (Å²) in [6.45, 7) is 0. The van der Waals surface area contributed by atoms with Gasteiger partial charge in [0, 0.05) is 10.6 Å². The maximum Gasteiger partial charge on any atom is 0.243 e. The summed E-state index contributed by atoms with van der Waals surface area (Å²) in [7, 11) is 1.68. The maximum absolute atomic E-state index is 13.7. The van der Waals surface area contributed by atoms with Gasteiger partial charge in [-0.15, -0.1) is 11.8 Å². The lowest BCUT2D eigenvalue weighted by Gasteiger charge is -2.30. The van der Waals surface area contributed by atoms with Crippen LogP contribution in [0.15, 0.2) is 59.5 Å². The molecule has 21 heavy (non-hydrogen) atoms. The van der Waals surface area contributed by atoms with Crippen LogP contribution in [0.3, 0.4) is 0 Å². The molecule has 0 aliphatic carbocycles. The third-order valence-electron chi connectivity index (χ3n) is 3.39. The minimum absolute atomic E-state index is 0.301. The average Bonchev–Trinajstić information content (AvgIpc) is 2.51. The predicted octanol–water partition coefficient (Wildman–Crippen LogP) is 2.52. The van der Waals surface area contributed by atoms with Crippen molar-refractivity contribution in [3.05, 3.63) is 66.0 Å². The van der Waals surface area contributed by atoms with E-state index in [9.17, 15) is 9.18 Å². The first kappa shape index (κ1) is 15.5. The zero-order valence-corrected chi connectivity index (χ0v) is 12.5. The SMILES string of the molecule is CNC(CSc1ccccc1F)(C(N)=O)c1ccccc1. The number of carbonyl (C=O) groups excluding carboxylic acids is 1. The standard InChI is InChI=1S/C16H17FN2OS/c1-19-16(15(18)20,12-7-3-2-4-8-12)11-21-14-10-6-5-9-13(14)17/h2-10,19H,11H2,1H3,(H2,18,20). The van der Waals surface area contributed by atoms with E-state index in [1.165, 1.54) is 17.8 Å². The van der Waals surface area contributed by atoms with Crippen molar-refractivity contribution in [2.45, 2.75) is 10.4 Å². The molecule has 1 amide bonds. The lowest BCUT2D eigenvalue weighted by molar-refractivity contribution is -0.123. The van der Waals surface area contributed by atoms with Crippen molar-refractivity contribution in [3.63, 3.8) is 0 Å². The summed E-state index contributed by atoms with van der Waals surface area (Å²) in [5.74, 6) is -0.478. The first-order chi connectivity index (χ1) is 10.1. The Hall–Kier alpha value is -1.85. The number of nitrogens with two attached hydrogens (primary N) is 1. The topological polar surface area (TPSA) is 55.1 Å². The van der Waals surface area contributed by atoms with Crippen LogP contribution >= 0.6 is 11.8 Å². The molecule has 3 N–H and O–H groups in total. The van der Waals surface area contributed by atoms with Gasteiger partial charge < -0.3 is 11.1 Å². The third kappa shape index (κ3) is 3.25. The first-order valence-corrected chi connectivity index (χ1v) is 7.50. The molecule has 0 saturated heterocycles. The highest BCUT2D eigenvalue weighted by molar-refractivity contribution is 7.99. The molecular formula is C16H17FN2OS. The van der Waals surface area contributed by atoms with Gasteiger partial charge in [-0.3, -0.25) is 4.79 Å². The number of primary amides is 1. The summed E-state index contributed by atoms with van der Waals surface area (Å²) < 4.78 is 13.7. The van der Waals surface area contributed by atoms with Crippen LogP contribution in [-0.4, -0.2) is 18.7 Å². The number of hydrogen-bond acceptors (Lipinski definition) is 3. The molecule has 0 saturated carbocycles. The summed E-state index contributed by atoms with van der Waals surface area (Å²) >= 11 is 1.26. The molecule has 0 spiro atoms. The van der Waals surface area contributed by atoms with Gasteiger partial charge in [0.2, 0.25) is 5.91 Å². The molecule has 110 valence electrons. The van der Waals surface area contributed by atoms with Gasteiger partial charge in [-0.05, 0) is 24.7 Å². The molecule has 0 fully saturated rings. The lowest BCUT2D eigenvalue weighted by atomic mass is 9.91. The highest BCUT2D eigenvalue weighted by Gasteiger charge is 2.37. The van der Waals surface area contributed by atoms with Crippen LogP contribution < -0.4 is 11.1 Å². The Labute approximate surface area is 127 Å². The van der Waals surface area contributed by atoms with E-state index in [1.807, 2.05) is 30.3 Å². The molecule has 0 heterocycles. The van der Waals surface area contributed by atoms with Crippen molar-refractivity contribution < 1.29 is 9.18 Å². The van der Waals surface area contributed by atoms with Crippen LogP contribution in [0.1, 0.15) is 5.56 Å². The van der Waals surface area contributed by atoms with Crippen LogP contribution in [0, 0.1) is 5.82 Å². The second-order valence-electron chi connectivity index (χ2n) is 4.60. The van der Waals surface area contributed by atoms with E-state index in [4.69, 9.17) is 5.73 Å². The Bertz CT molecular complexity index is 621. The van der Waals surface area contributed by atoms with Gasteiger partial charge in [-0.1, -0.05) is 42.5 Å². The Morgan fingerprint density at radius 1 is 1.19 bits per heavy atom. The van der Waals surface area contributed by atoms with Crippen LogP contribution in [0.2, 0.25) is 0 Å². The zero-order chi connectivity index (χ0) is 15.3. The second kappa shape index (κ2) is 6.74. The fourth-order valence-corrected chi connectivity index (χ4v) is 3.31. The molecule has 1 unspecified atom stereocenters. The molecule has 5 heteroatoms. The fraction of sp³-hybridized carbons (Fsp3) is 0.188. The largest absolute Gasteiger partial charge is 0.368 e. The van der Waals surface area contributed by atoms with E-state index < -0.39 is 11.4 Å². The second-order valence-corrected chi connectivity index (χ2v) is 5.62. The normalized spacial score (nSPS) is 13.6. The summed E-state index contributed by atoms with van der Waals surface area (Å²) in [4.78, 5) is 12.5. The Kier molecular flexibility index (Phi) is 4.98. The van der Waals surface area contributed by atoms with Crippen molar-refractivity contribution in [3.8, 4) is 0 Å². The number of thioether (sulfide) groups is 1. The van der Waals surface area contributed by atoms with E-state index in [0.717, 1.165) is 5.56 Å². The number of rotatable bonds is 6. The summed E-state index contributed by atoms with van der Waals surface area (Å²) in [5.41, 5.74) is 5.34. The van der Waals surface area contributed by atoms with Crippen molar-refractivity contribution in [1.82, 2.24) is 5.32 Å². The van der Waals surface area contributed by atoms with Crippen molar-refractivity contribution in [2.75, 3.05) is 12.8 Å². The van der Waals surface area contributed by atoms with Crippen LogP contribution in [0.25, 0.3) is 0 Å². The summed E-state index contributed by atoms with van der Waals surface area (Å²) in [6, 6.07) is 15.7. The van der Waals surface area contributed by atoms with Crippen LogP contribution in [0.4, 0.5) is 4.39 Å². The molecule has 0 aromatic heterocycles. The van der Waals surface area contributed by atoms with Gasteiger partial charge in [0.1, 0.15) is 11.4 Å². The summed E-state index contributed by atoms with van der Waals surface area (Å²) in [6.07, 6.45) is 0. The van der Waals surface area contributed by atoms with Gasteiger partial charge in [0.15, 0.2) is 0 Å². The average molecular weight is 304 g/mol. The van der Waals surface area contributed by atoms with Crippen molar-refractivity contribution in [1.29, 1.82) is 0 Å².